The molecule has 114 valence electrons. The van der Waals surface area contributed by atoms with Gasteiger partial charge in [-0.2, -0.15) is 4.68 Å². The molecule has 0 radical (unpaired) electrons. The second-order valence-corrected chi connectivity index (χ2v) is 5.87. The molecule has 0 bridgehead atoms. The fourth-order valence-corrected chi connectivity index (χ4v) is 2.89. The lowest BCUT2D eigenvalue weighted by molar-refractivity contribution is -0.120. The van der Waals surface area contributed by atoms with E-state index in [1.54, 1.807) is 4.68 Å². The fraction of sp³-hybridized carbons (Fsp3) is 0.333. The summed E-state index contributed by atoms with van der Waals surface area (Å²) in [6.07, 6.45) is 8.83. The molecule has 1 aromatic carbocycles. The number of amides is 1. The van der Waals surface area contributed by atoms with Gasteiger partial charge in [0.1, 0.15) is 0 Å². The van der Waals surface area contributed by atoms with Crippen LogP contribution in [0, 0.1) is 5.92 Å². The van der Waals surface area contributed by atoms with Gasteiger partial charge in [0.25, 0.3) is 0 Å². The van der Waals surface area contributed by atoms with Gasteiger partial charge in [-0.25, -0.2) is 0 Å². The summed E-state index contributed by atoms with van der Waals surface area (Å²) in [5, 5.41) is 15.3. The summed E-state index contributed by atoms with van der Waals surface area (Å²) in [5.74, 6) is 0.131. The number of tetrazole rings is 1. The van der Waals surface area contributed by atoms with E-state index in [1.807, 2.05) is 30.5 Å². The highest BCUT2D eigenvalue weighted by Gasteiger charge is 2.18. The highest BCUT2D eigenvalue weighted by Crippen LogP contribution is 2.22. The molecule has 0 aliphatic heterocycles. The number of anilines is 1. The minimum absolute atomic E-state index is 0.0588. The second kappa shape index (κ2) is 6.74. The Morgan fingerprint density at radius 1 is 1.41 bits per heavy atom. The lowest BCUT2D eigenvalue weighted by atomic mass is 9.93. The number of carbonyl (C=O) groups excluding carboxylic acids is 1. The van der Waals surface area contributed by atoms with Gasteiger partial charge in [0.2, 0.25) is 11.1 Å². The summed E-state index contributed by atoms with van der Waals surface area (Å²) >= 11 is 1.47. The first kappa shape index (κ1) is 14.8. The molecular formula is C15H17N5OS. The first-order chi connectivity index (χ1) is 10.8. The van der Waals surface area contributed by atoms with Crippen molar-refractivity contribution in [1.82, 2.24) is 20.2 Å². The number of rotatable bonds is 4. The Kier molecular flexibility index (Phi) is 4.53. The highest BCUT2D eigenvalue weighted by atomic mass is 32.2. The molecule has 2 aromatic rings. The van der Waals surface area contributed by atoms with E-state index in [4.69, 9.17) is 0 Å². The van der Waals surface area contributed by atoms with Crippen molar-refractivity contribution in [1.29, 1.82) is 0 Å². The van der Waals surface area contributed by atoms with Crippen LogP contribution in [0.1, 0.15) is 19.3 Å². The van der Waals surface area contributed by atoms with E-state index in [2.05, 4.69) is 33.0 Å². The van der Waals surface area contributed by atoms with Crippen molar-refractivity contribution in [2.45, 2.75) is 24.4 Å². The summed E-state index contributed by atoms with van der Waals surface area (Å²) in [6, 6.07) is 7.56. The minimum Gasteiger partial charge on any atom is -0.326 e. The predicted octanol–water partition coefficient (Wildman–Crippen LogP) is 2.68. The Balaban J connectivity index is 1.76. The molecule has 0 fully saturated rings. The maximum Gasteiger partial charge on any atom is 0.227 e. The Morgan fingerprint density at radius 3 is 3.09 bits per heavy atom. The van der Waals surface area contributed by atoms with Gasteiger partial charge >= 0.3 is 0 Å². The third kappa shape index (κ3) is 3.19. The summed E-state index contributed by atoms with van der Waals surface area (Å²) in [6.45, 7) is 0. The molecule has 1 aliphatic carbocycles. The normalized spacial score (nSPS) is 17.4. The number of thioether (sulfide) groups is 1. The average molecular weight is 315 g/mol. The summed E-state index contributed by atoms with van der Waals surface area (Å²) in [5.41, 5.74) is 1.59. The molecule has 1 aromatic heterocycles. The molecule has 0 saturated heterocycles. The van der Waals surface area contributed by atoms with Crippen LogP contribution in [0.2, 0.25) is 0 Å². The van der Waals surface area contributed by atoms with E-state index in [0.29, 0.717) is 5.16 Å². The van der Waals surface area contributed by atoms with Gasteiger partial charge in [-0.3, -0.25) is 4.79 Å². The zero-order valence-corrected chi connectivity index (χ0v) is 13.1. The predicted molar refractivity (Wildman–Crippen MR) is 86.0 cm³/mol. The Bertz CT molecular complexity index is 697. The number of carbonyl (C=O) groups is 1. The molecule has 1 heterocycles. The molecule has 1 atom stereocenters. The molecule has 1 amide bonds. The Labute approximate surface area is 133 Å². The highest BCUT2D eigenvalue weighted by molar-refractivity contribution is 7.98. The fourth-order valence-electron chi connectivity index (χ4n) is 2.46. The Hall–Kier alpha value is -2.15. The average Bonchev–Trinajstić information content (AvgIpc) is 3.04. The van der Waals surface area contributed by atoms with Crippen LogP contribution >= 0.6 is 11.8 Å². The maximum atomic E-state index is 12.3. The van der Waals surface area contributed by atoms with E-state index in [9.17, 15) is 4.79 Å². The number of aromatic nitrogens is 4. The van der Waals surface area contributed by atoms with Crippen LogP contribution in [0.5, 0.6) is 0 Å². The van der Waals surface area contributed by atoms with Crippen LogP contribution in [0.3, 0.4) is 0 Å². The number of nitrogens with one attached hydrogen (secondary N) is 1. The number of nitrogens with zero attached hydrogens (tertiary/aromatic N) is 4. The molecule has 1 N–H and O–H groups in total. The largest absolute Gasteiger partial charge is 0.326 e. The van der Waals surface area contributed by atoms with Crippen molar-refractivity contribution in [2.24, 2.45) is 5.92 Å². The number of benzene rings is 1. The van der Waals surface area contributed by atoms with E-state index in [0.717, 1.165) is 30.6 Å². The number of hydrogen-bond donors (Lipinski definition) is 1. The van der Waals surface area contributed by atoms with Crippen LogP contribution < -0.4 is 5.32 Å². The van der Waals surface area contributed by atoms with Crippen molar-refractivity contribution in [3.8, 4) is 5.69 Å². The van der Waals surface area contributed by atoms with Gasteiger partial charge in [-0.1, -0.05) is 30.0 Å². The quantitative estimate of drug-likeness (QED) is 0.693. The summed E-state index contributed by atoms with van der Waals surface area (Å²) in [4.78, 5) is 12.3. The van der Waals surface area contributed by atoms with Gasteiger partial charge in [-0.05, 0) is 54.1 Å². The first-order valence-electron chi connectivity index (χ1n) is 7.16. The molecule has 22 heavy (non-hydrogen) atoms. The van der Waals surface area contributed by atoms with Crippen LogP contribution in [0.15, 0.2) is 41.6 Å². The van der Waals surface area contributed by atoms with Crippen LogP contribution in [-0.4, -0.2) is 32.4 Å². The van der Waals surface area contributed by atoms with Crippen LogP contribution in [-0.2, 0) is 4.79 Å². The summed E-state index contributed by atoms with van der Waals surface area (Å²) in [7, 11) is 0. The van der Waals surface area contributed by atoms with Crippen molar-refractivity contribution >= 4 is 23.4 Å². The molecule has 0 saturated carbocycles. The smallest absolute Gasteiger partial charge is 0.227 e. The maximum absolute atomic E-state index is 12.3. The van der Waals surface area contributed by atoms with Crippen LogP contribution in [0.25, 0.3) is 5.69 Å². The number of hydrogen-bond acceptors (Lipinski definition) is 5. The van der Waals surface area contributed by atoms with E-state index in [1.165, 1.54) is 11.8 Å². The van der Waals surface area contributed by atoms with Gasteiger partial charge in [-0.15, -0.1) is 5.10 Å². The SMILES string of the molecule is CSc1nnnn1-c1cccc(NC(=O)[C@H]2CC=CCC2)c1. The van der Waals surface area contributed by atoms with Crippen LogP contribution in [0.4, 0.5) is 5.69 Å². The zero-order valence-electron chi connectivity index (χ0n) is 12.3. The topological polar surface area (TPSA) is 72.7 Å². The lowest BCUT2D eigenvalue weighted by Crippen LogP contribution is -2.23. The van der Waals surface area contributed by atoms with Gasteiger partial charge < -0.3 is 5.32 Å². The van der Waals surface area contributed by atoms with E-state index >= 15 is 0 Å². The third-order valence-electron chi connectivity index (χ3n) is 3.62. The number of allylic oxidation sites excluding steroid dienone is 2. The van der Waals surface area contributed by atoms with Gasteiger partial charge in [0.05, 0.1) is 5.69 Å². The first-order valence-corrected chi connectivity index (χ1v) is 8.39. The van der Waals surface area contributed by atoms with Crippen molar-refractivity contribution in [3.05, 3.63) is 36.4 Å². The van der Waals surface area contributed by atoms with Crippen molar-refractivity contribution in [3.63, 3.8) is 0 Å². The summed E-state index contributed by atoms with van der Waals surface area (Å²) < 4.78 is 1.66. The Morgan fingerprint density at radius 2 is 2.32 bits per heavy atom. The molecule has 6 nitrogen and oxygen atoms in total. The molecule has 0 spiro atoms. The van der Waals surface area contributed by atoms with Gasteiger partial charge in [0.15, 0.2) is 0 Å². The minimum atomic E-state index is 0.0588. The van der Waals surface area contributed by atoms with E-state index < -0.39 is 0 Å². The standard InChI is InChI=1S/C15H17N5OS/c1-22-15-17-18-19-20(15)13-9-5-8-12(10-13)16-14(21)11-6-3-2-4-7-11/h2-3,5,8-11H,4,6-7H2,1H3,(H,16,21)/t11-/m0/s1. The monoisotopic (exact) mass is 315 g/mol. The van der Waals surface area contributed by atoms with Gasteiger partial charge in [0, 0.05) is 11.6 Å². The zero-order chi connectivity index (χ0) is 15.4. The van der Waals surface area contributed by atoms with E-state index in [-0.39, 0.29) is 11.8 Å². The second-order valence-electron chi connectivity index (χ2n) is 5.10. The molecule has 1 aliphatic rings. The molecular weight excluding hydrogens is 298 g/mol. The molecule has 3 rings (SSSR count). The van der Waals surface area contributed by atoms with Crippen molar-refractivity contribution in [2.75, 3.05) is 11.6 Å². The molecule has 0 unspecified atom stereocenters. The molecule has 7 heteroatoms. The third-order valence-corrected chi connectivity index (χ3v) is 4.24. The van der Waals surface area contributed by atoms with Crippen molar-refractivity contribution < 1.29 is 4.79 Å². The lowest BCUT2D eigenvalue weighted by Gasteiger charge is -2.17.